The molecule has 7 heterocycles. The summed E-state index contributed by atoms with van der Waals surface area (Å²) in [6.45, 7) is 11.1. The third-order valence-electron chi connectivity index (χ3n) is 11.9. The summed E-state index contributed by atoms with van der Waals surface area (Å²) < 4.78 is 9.03. The average molecular weight is 839 g/mol. The maximum atomic E-state index is 13.2. The molecule has 3 amide bonds. The molecule has 0 radical (unpaired) electrons. The van der Waals surface area contributed by atoms with Crippen LogP contribution in [0.4, 0.5) is 23.1 Å². The number of imide groups is 1. The molecule has 5 aromatic rings. The smallest absolute Gasteiger partial charge is 0.294 e. The Kier molecular flexibility index (Phi) is 11.6. The van der Waals surface area contributed by atoms with Gasteiger partial charge in [0.1, 0.15) is 10.7 Å². The van der Waals surface area contributed by atoms with E-state index >= 15 is 0 Å². The van der Waals surface area contributed by atoms with Crippen molar-refractivity contribution >= 4 is 74.4 Å². The van der Waals surface area contributed by atoms with Gasteiger partial charge in [-0.25, -0.2) is 9.97 Å². The zero-order valence-electron chi connectivity index (χ0n) is 34.6. The molecular weight excluding hydrogens is 788 g/mol. The molecule has 3 unspecified atom stereocenters. The highest BCUT2D eigenvalue weighted by molar-refractivity contribution is 6.33. The molecule has 3 aliphatic heterocycles. The molecule has 3 atom stereocenters. The van der Waals surface area contributed by atoms with Gasteiger partial charge in [0.15, 0.2) is 18.2 Å². The molecule has 3 fully saturated rings. The Morgan fingerprint density at radius 2 is 1.85 bits per heavy atom. The minimum Gasteiger partial charge on any atom is -0.478 e. The largest absolute Gasteiger partial charge is 0.478 e. The number of aromatic nitrogens is 6. The van der Waals surface area contributed by atoms with E-state index in [1.54, 1.807) is 23.0 Å². The molecule has 316 valence electrons. The number of piperidine rings is 2. The molecule has 3 aliphatic rings. The van der Waals surface area contributed by atoms with E-state index in [0.717, 1.165) is 74.4 Å². The van der Waals surface area contributed by atoms with Gasteiger partial charge in [-0.3, -0.25) is 38.6 Å². The van der Waals surface area contributed by atoms with Crippen LogP contribution in [-0.2, 0) is 21.4 Å². The van der Waals surface area contributed by atoms with Crippen molar-refractivity contribution < 1.29 is 19.1 Å². The first-order valence-electron chi connectivity index (χ1n) is 20.6. The number of carbonyl (C=O) groups excluding carboxylic acids is 3. The number of likely N-dealkylation sites (N-methyl/N-ethyl adjacent to an activating group) is 1. The number of para-hydroxylation sites is 1. The number of ether oxygens (including phenoxy) is 1. The normalized spacial score (nSPS) is 20.2. The lowest BCUT2D eigenvalue weighted by atomic mass is 9.89. The number of aryl methyl sites for hydroxylation is 1. The van der Waals surface area contributed by atoms with Crippen molar-refractivity contribution in [1.29, 1.82) is 0 Å². The molecule has 18 heteroatoms. The number of nitrogens with zero attached hydrogens (tertiary/aromatic N) is 9. The molecule has 17 nitrogen and oxygen atoms in total. The molecule has 0 saturated carbocycles. The fraction of sp³-hybridized carbons (Fsp3) is 0.476. The van der Waals surface area contributed by atoms with Crippen LogP contribution in [0.1, 0.15) is 64.1 Å². The third kappa shape index (κ3) is 8.19. The fourth-order valence-corrected chi connectivity index (χ4v) is 9.02. The van der Waals surface area contributed by atoms with Crippen molar-refractivity contribution in [3.05, 3.63) is 63.8 Å². The van der Waals surface area contributed by atoms with Gasteiger partial charge in [-0.1, -0.05) is 23.7 Å². The number of anilines is 4. The van der Waals surface area contributed by atoms with Crippen LogP contribution in [0.5, 0.6) is 5.75 Å². The first-order chi connectivity index (χ1) is 28.9. The minimum atomic E-state index is -0.434. The molecule has 8 rings (SSSR count). The quantitative estimate of drug-likeness (QED) is 0.162. The second-order valence-corrected chi connectivity index (χ2v) is 16.7. The number of rotatable bonds is 11. The number of amides is 3. The number of hydrogen-bond acceptors (Lipinski definition) is 13. The van der Waals surface area contributed by atoms with Gasteiger partial charge in [-0.15, -0.1) is 0 Å². The topological polar surface area (TPSA) is 185 Å². The van der Waals surface area contributed by atoms with Crippen LogP contribution in [0.3, 0.4) is 0 Å². The van der Waals surface area contributed by atoms with Crippen LogP contribution < -0.4 is 36.0 Å². The summed E-state index contributed by atoms with van der Waals surface area (Å²) in [6, 6.07) is 9.80. The van der Waals surface area contributed by atoms with Gasteiger partial charge in [0, 0.05) is 82.6 Å². The first kappa shape index (κ1) is 40.9. The number of carbonyl (C=O) groups is 3. The maximum Gasteiger partial charge on any atom is 0.294 e. The van der Waals surface area contributed by atoms with Gasteiger partial charge in [-0.05, 0) is 64.2 Å². The summed E-state index contributed by atoms with van der Waals surface area (Å²) in [6.07, 6.45) is 6.16. The van der Waals surface area contributed by atoms with Crippen molar-refractivity contribution in [3.8, 4) is 5.75 Å². The Morgan fingerprint density at radius 1 is 1.05 bits per heavy atom. The van der Waals surface area contributed by atoms with Crippen LogP contribution >= 0.6 is 11.6 Å². The highest BCUT2D eigenvalue weighted by Crippen LogP contribution is 2.38. The molecule has 60 heavy (non-hydrogen) atoms. The van der Waals surface area contributed by atoms with Crippen LogP contribution in [0.25, 0.3) is 21.9 Å². The zero-order chi connectivity index (χ0) is 42.2. The van der Waals surface area contributed by atoms with Gasteiger partial charge >= 0.3 is 0 Å². The van der Waals surface area contributed by atoms with Gasteiger partial charge in [0.05, 0.1) is 40.9 Å². The summed E-state index contributed by atoms with van der Waals surface area (Å²) in [5.74, 6) is 0.363. The molecule has 0 aliphatic carbocycles. The monoisotopic (exact) mass is 838 g/mol. The van der Waals surface area contributed by atoms with Crippen molar-refractivity contribution in [2.45, 2.75) is 64.5 Å². The Morgan fingerprint density at radius 3 is 2.58 bits per heavy atom. The summed E-state index contributed by atoms with van der Waals surface area (Å²) in [5, 5.41) is 15.1. The summed E-state index contributed by atoms with van der Waals surface area (Å²) >= 11 is 6.60. The van der Waals surface area contributed by atoms with Crippen LogP contribution in [-0.4, -0.2) is 111 Å². The lowest BCUT2D eigenvalue weighted by Crippen LogP contribution is -2.50. The number of nitrogens with one attached hydrogen (secondary N) is 3. The predicted octanol–water partition coefficient (Wildman–Crippen LogP) is 4.12. The summed E-state index contributed by atoms with van der Waals surface area (Å²) in [5.41, 5.74) is 3.63. The number of piperazine rings is 1. The number of hydrogen-bond donors (Lipinski definition) is 3. The highest BCUT2D eigenvalue weighted by Gasteiger charge is 2.34. The number of halogens is 1. The molecular formula is C42H51ClN12O5. The third-order valence-corrected chi connectivity index (χ3v) is 12.2. The average Bonchev–Trinajstić information content (AvgIpc) is 3.57. The predicted molar refractivity (Wildman–Crippen MR) is 230 cm³/mol. The van der Waals surface area contributed by atoms with E-state index in [0.29, 0.717) is 58.3 Å². The van der Waals surface area contributed by atoms with E-state index < -0.39 is 5.92 Å². The number of fused-ring (bicyclic) bond motifs is 2. The van der Waals surface area contributed by atoms with Gasteiger partial charge in [0.25, 0.3) is 11.5 Å². The Hall–Kier alpha value is -5.81. The van der Waals surface area contributed by atoms with E-state index in [-0.39, 0.29) is 41.7 Å². The number of benzene rings is 1. The van der Waals surface area contributed by atoms with Crippen LogP contribution in [0.15, 0.2) is 47.5 Å². The van der Waals surface area contributed by atoms with E-state index in [1.807, 2.05) is 43.8 Å². The summed E-state index contributed by atoms with van der Waals surface area (Å²) in [4.78, 5) is 70.8. The highest BCUT2D eigenvalue weighted by atomic mass is 35.5. The number of pyridine rings is 2. The van der Waals surface area contributed by atoms with E-state index in [9.17, 15) is 19.2 Å². The van der Waals surface area contributed by atoms with E-state index in [2.05, 4.69) is 53.6 Å². The Bertz CT molecular complexity index is 2510. The Labute approximate surface area is 352 Å². The molecule has 3 N–H and O–H groups in total. The van der Waals surface area contributed by atoms with E-state index in [4.69, 9.17) is 26.4 Å². The summed E-state index contributed by atoms with van der Waals surface area (Å²) in [7, 11) is 3.44. The SMILES string of the molecule is CNC(=O)COc1cc2cc(Nc3nc(N4CCN(CC5CCN(c6cccc7c(C8CCC(=O)NC8=O)nn(C)c67)C(C)C5)CC4)ncc3Cl)cnc2n(C(C)C)c1=O. The van der Waals surface area contributed by atoms with Gasteiger partial charge in [-0.2, -0.15) is 10.1 Å². The van der Waals surface area contributed by atoms with Crippen molar-refractivity contribution in [3.63, 3.8) is 0 Å². The standard InChI is InChI=1S/C42H51ClN12O5/c1-24(2)55-39-27(19-33(41(55)59)60-23-35(57)44-4)18-28(20-45-39)47-38-31(43)21-46-42(49-38)53-15-13-52(14-16-53)22-26-11-12-54(25(3)17-26)32-8-6-7-29-36(50-51(5)37(29)32)30-9-10-34(56)48-40(30)58/h6-8,18-21,24-26,30H,9-17,22-23H2,1-5H3,(H,44,57)(H,46,47,49)(H,48,56,58). The van der Waals surface area contributed by atoms with E-state index in [1.165, 1.54) is 7.05 Å². The lowest BCUT2D eigenvalue weighted by molar-refractivity contribution is -0.134. The Balaban J connectivity index is 0.891. The molecule has 0 spiro atoms. The maximum absolute atomic E-state index is 13.2. The first-order valence-corrected chi connectivity index (χ1v) is 21.0. The molecule has 4 aromatic heterocycles. The van der Waals surface area contributed by atoms with Gasteiger partial charge < -0.3 is 25.2 Å². The zero-order valence-corrected chi connectivity index (χ0v) is 35.3. The molecule has 3 saturated heterocycles. The van der Waals surface area contributed by atoms with Crippen molar-refractivity contribution in [2.24, 2.45) is 13.0 Å². The lowest BCUT2D eigenvalue weighted by Gasteiger charge is -2.42. The second kappa shape index (κ2) is 17.0. The molecule has 0 bridgehead atoms. The molecule has 1 aromatic carbocycles. The van der Waals surface area contributed by atoms with Crippen molar-refractivity contribution in [2.75, 3.05) is 68.0 Å². The van der Waals surface area contributed by atoms with Gasteiger partial charge in [0.2, 0.25) is 17.8 Å². The van der Waals surface area contributed by atoms with Crippen LogP contribution in [0, 0.1) is 5.92 Å². The minimum absolute atomic E-state index is 0.0577. The second-order valence-electron chi connectivity index (χ2n) is 16.3. The fourth-order valence-electron chi connectivity index (χ4n) is 8.88. The van der Waals surface area contributed by atoms with Crippen molar-refractivity contribution in [1.82, 2.24) is 44.8 Å². The van der Waals surface area contributed by atoms with Crippen LogP contribution in [0.2, 0.25) is 5.02 Å².